The zero-order valence-corrected chi connectivity index (χ0v) is 5.04. The first-order chi connectivity index (χ1) is 2.27. The summed E-state index contributed by atoms with van der Waals surface area (Å²) in [6.45, 7) is 5.64. The second kappa shape index (κ2) is 2.49. The van der Waals surface area contributed by atoms with Crippen LogP contribution in [0.2, 0.25) is 5.32 Å². The van der Waals surface area contributed by atoms with Crippen molar-refractivity contribution in [3.8, 4) is 0 Å². The molecule has 0 saturated heterocycles. The molecule has 0 amide bonds. The zero-order valence-electron chi connectivity index (χ0n) is 3.32. The van der Waals surface area contributed by atoms with Crippen molar-refractivity contribution in [1.82, 2.24) is 0 Å². The molecule has 1 heteroatoms. The Morgan fingerprint density at radius 3 is 2.20 bits per heavy atom. The van der Waals surface area contributed by atoms with Crippen LogP contribution in [0.1, 0.15) is 6.92 Å². The Kier molecular flexibility index (Phi) is 2.62. The van der Waals surface area contributed by atoms with Crippen molar-refractivity contribution in [3.05, 3.63) is 12.2 Å². The van der Waals surface area contributed by atoms with Crippen molar-refractivity contribution < 1.29 is 0 Å². The van der Waals surface area contributed by atoms with Gasteiger partial charge in [0.2, 0.25) is 0 Å². The van der Waals surface area contributed by atoms with E-state index in [4.69, 9.17) is 0 Å². The standard InChI is InChI=1S/C4H7Se/c1-4(2)3-5/h1,3H2,2H3. The molecule has 0 aromatic rings. The van der Waals surface area contributed by atoms with Crippen LogP contribution in [0.25, 0.3) is 0 Å². The van der Waals surface area contributed by atoms with E-state index in [9.17, 15) is 0 Å². The summed E-state index contributed by atoms with van der Waals surface area (Å²) in [6.07, 6.45) is 0. The first kappa shape index (κ1) is 5.26. The Labute approximate surface area is 41.1 Å². The molecule has 0 saturated carbocycles. The third-order valence-corrected chi connectivity index (χ3v) is 1.28. The van der Waals surface area contributed by atoms with Gasteiger partial charge in [-0.15, -0.1) is 0 Å². The molecular formula is C4H7Se. The van der Waals surface area contributed by atoms with E-state index in [1.54, 1.807) is 0 Å². The fraction of sp³-hybridized carbons (Fsp3) is 0.500. The molecule has 0 atom stereocenters. The van der Waals surface area contributed by atoms with Crippen LogP contribution in [0.5, 0.6) is 0 Å². The van der Waals surface area contributed by atoms with E-state index < -0.39 is 0 Å². The topological polar surface area (TPSA) is 0 Å². The molecule has 0 unspecified atom stereocenters. The van der Waals surface area contributed by atoms with Gasteiger partial charge in [-0.2, -0.15) is 0 Å². The quantitative estimate of drug-likeness (QED) is 0.372. The van der Waals surface area contributed by atoms with Crippen LogP contribution in [0.4, 0.5) is 0 Å². The molecule has 0 heterocycles. The maximum atomic E-state index is 3.64. The predicted molar refractivity (Wildman–Crippen MR) is 25.4 cm³/mol. The third-order valence-electron chi connectivity index (χ3n) is 0.246. The number of allylic oxidation sites excluding steroid dienone is 1. The van der Waals surface area contributed by atoms with Gasteiger partial charge in [0.05, 0.1) is 0 Å². The molecule has 5 heavy (non-hydrogen) atoms. The van der Waals surface area contributed by atoms with Gasteiger partial charge >= 0.3 is 40.4 Å². The van der Waals surface area contributed by atoms with Gasteiger partial charge < -0.3 is 0 Å². The van der Waals surface area contributed by atoms with Gasteiger partial charge in [0.1, 0.15) is 0 Å². The Hall–Kier alpha value is 0.259. The molecule has 1 radical (unpaired) electrons. The van der Waals surface area contributed by atoms with E-state index in [1.807, 2.05) is 6.92 Å². The Morgan fingerprint density at radius 2 is 2.20 bits per heavy atom. The summed E-state index contributed by atoms with van der Waals surface area (Å²) < 4.78 is 0. The Bertz CT molecular complexity index is 38.9. The van der Waals surface area contributed by atoms with Crippen LogP contribution >= 0.6 is 0 Å². The Morgan fingerprint density at radius 1 is 2.00 bits per heavy atom. The zero-order chi connectivity index (χ0) is 4.28. The molecular weight excluding hydrogens is 127 g/mol. The molecule has 0 spiro atoms. The summed E-state index contributed by atoms with van der Waals surface area (Å²) in [5.41, 5.74) is 1.20. The van der Waals surface area contributed by atoms with Gasteiger partial charge in [-0.05, 0) is 0 Å². The van der Waals surface area contributed by atoms with Crippen molar-refractivity contribution in [3.63, 3.8) is 0 Å². The normalized spacial score (nSPS) is 7.60. The van der Waals surface area contributed by atoms with Gasteiger partial charge in [0.15, 0.2) is 0 Å². The molecule has 0 aliphatic carbocycles. The first-order valence-corrected chi connectivity index (χ1v) is 2.71. The molecule has 0 fully saturated rings. The summed E-state index contributed by atoms with van der Waals surface area (Å²) in [5.74, 6) is 0. The molecule has 0 bridgehead atoms. The van der Waals surface area contributed by atoms with E-state index >= 15 is 0 Å². The predicted octanol–water partition coefficient (Wildman–Crippen LogP) is 1.15. The number of hydrogen-bond acceptors (Lipinski definition) is 0. The fourth-order valence-electron chi connectivity index (χ4n) is 0. The van der Waals surface area contributed by atoms with Crippen molar-refractivity contribution >= 4 is 16.0 Å². The molecule has 0 aliphatic rings. The fourth-order valence-corrected chi connectivity index (χ4v) is 0. The van der Waals surface area contributed by atoms with Crippen molar-refractivity contribution in [2.24, 2.45) is 0 Å². The molecule has 0 N–H and O–H groups in total. The monoisotopic (exact) mass is 135 g/mol. The van der Waals surface area contributed by atoms with Crippen molar-refractivity contribution in [1.29, 1.82) is 0 Å². The van der Waals surface area contributed by atoms with E-state index in [0.717, 1.165) is 5.32 Å². The summed E-state index contributed by atoms with van der Waals surface area (Å²) >= 11 is 2.84. The van der Waals surface area contributed by atoms with Crippen LogP contribution in [0.15, 0.2) is 12.2 Å². The average Bonchev–Trinajstić information content (AvgIpc) is 1.38. The molecule has 0 aromatic heterocycles. The summed E-state index contributed by atoms with van der Waals surface area (Å²) in [7, 11) is 0. The van der Waals surface area contributed by atoms with Crippen molar-refractivity contribution in [2.75, 3.05) is 0 Å². The second-order valence-electron chi connectivity index (χ2n) is 1.10. The molecule has 0 aromatic carbocycles. The summed E-state index contributed by atoms with van der Waals surface area (Å²) in [6, 6.07) is 0. The molecule has 0 nitrogen and oxygen atoms in total. The van der Waals surface area contributed by atoms with Gasteiger partial charge in [-0.1, -0.05) is 0 Å². The van der Waals surface area contributed by atoms with E-state index in [1.165, 1.54) is 5.57 Å². The van der Waals surface area contributed by atoms with Crippen LogP contribution in [-0.4, -0.2) is 16.0 Å². The van der Waals surface area contributed by atoms with Gasteiger partial charge in [0, 0.05) is 0 Å². The summed E-state index contributed by atoms with van der Waals surface area (Å²) in [4.78, 5) is 0. The van der Waals surface area contributed by atoms with E-state index in [0.29, 0.717) is 0 Å². The minimum atomic E-state index is 0.986. The second-order valence-corrected chi connectivity index (χ2v) is 1.71. The van der Waals surface area contributed by atoms with Gasteiger partial charge in [0.25, 0.3) is 0 Å². The third kappa shape index (κ3) is 4.26. The number of hydrogen-bond donors (Lipinski definition) is 0. The van der Waals surface area contributed by atoms with Gasteiger partial charge in [-0.3, -0.25) is 0 Å². The van der Waals surface area contributed by atoms with Gasteiger partial charge in [-0.25, -0.2) is 0 Å². The minimum absolute atomic E-state index is 0.986. The molecule has 0 aliphatic heterocycles. The Balaban J connectivity index is 2.85. The van der Waals surface area contributed by atoms with Crippen LogP contribution in [0, 0.1) is 0 Å². The van der Waals surface area contributed by atoms with E-state index in [2.05, 4.69) is 22.6 Å². The summed E-state index contributed by atoms with van der Waals surface area (Å²) in [5, 5.41) is 0.986. The van der Waals surface area contributed by atoms with Crippen molar-refractivity contribution in [2.45, 2.75) is 12.2 Å². The number of rotatable bonds is 1. The van der Waals surface area contributed by atoms with Crippen LogP contribution < -0.4 is 0 Å². The maximum absolute atomic E-state index is 3.64. The average molecular weight is 134 g/mol. The molecule has 0 rings (SSSR count). The SMILES string of the molecule is C=C(C)C[Se]. The first-order valence-electron chi connectivity index (χ1n) is 1.50. The van der Waals surface area contributed by atoms with E-state index in [-0.39, 0.29) is 0 Å². The van der Waals surface area contributed by atoms with Crippen LogP contribution in [0.3, 0.4) is 0 Å². The molecule has 29 valence electrons. The van der Waals surface area contributed by atoms with Crippen LogP contribution in [-0.2, 0) is 0 Å².